The number of methoxy groups -OCH3 is 1. The summed E-state index contributed by atoms with van der Waals surface area (Å²) in [6.07, 6.45) is 5.85. The zero-order valence-electron chi connectivity index (χ0n) is 5.78. The molecular weight excluding hydrogens is 132 g/mol. The number of ether oxygens (including phenoxy) is 1. The summed E-state index contributed by atoms with van der Waals surface area (Å²) in [5.41, 5.74) is 0. The SMILES string of the molecule is COC/C=C/C=C/C(=O)O. The van der Waals surface area contributed by atoms with Crippen LogP contribution < -0.4 is 0 Å². The minimum atomic E-state index is -0.943. The van der Waals surface area contributed by atoms with Gasteiger partial charge in [-0.2, -0.15) is 0 Å². The van der Waals surface area contributed by atoms with Gasteiger partial charge in [-0.3, -0.25) is 0 Å². The third-order valence-electron chi connectivity index (χ3n) is 0.749. The van der Waals surface area contributed by atoms with Crippen molar-refractivity contribution < 1.29 is 14.6 Å². The highest BCUT2D eigenvalue weighted by molar-refractivity contribution is 5.80. The molecule has 0 fully saturated rings. The van der Waals surface area contributed by atoms with Gasteiger partial charge in [-0.1, -0.05) is 18.2 Å². The van der Waals surface area contributed by atoms with Gasteiger partial charge in [0.2, 0.25) is 0 Å². The van der Waals surface area contributed by atoms with E-state index >= 15 is 0 Å². The number of rotatable bonds is 4. The number of carbonyl (C=O) groups is 1. The average molecular weight is 142 g/mol. The van der Waals surface area contributed by atoms with E-state index in [0.717, 1.165) is 6.08 Å². The molecule has 3 nitrogen and oxygen atoms in total. The van der Waals surface area contributed by atoms with E-state index in [-0.39, 0.29) is 0 Å². The second-order valence-corrected chi connectivity index (χ2v) is 1.58. The lowest BCUT2D eigenvalue weighted by Crippen LogP contribution is -1.84. The van der Waals surface area contributed by atoms with Crippen molar-refractivity contribution in [2.75, 3.05) is 13.7 Å². The molecule has 0 rings (SSSR count). The Morgan fingerprint density at radius 2 is 2.30 bits per heavy atom. The van der Waals surface area contributed by atoms with E-state index in [2.05, 4.69) is 4.74 Å². The van der Waals surface area contributed by atoms with Crippen molar-refractivity contribution in [2.24, 2.45) is 0 Å². The van der Waals surface area contributed by atoms with Gasteiger partial charge in [-0.25, -0.2) is 4.79 Å². The first kappa shape index (κ1) is 8.91. The predicted octanol–water partition coefficient (Wildman–Crippen LogP) is 0.830. The summed E-state index contributed by atoms with van der Waals surface area (Å²) in [5, 5.41) is 8.12. The molecule has 1 N–H and O–H groups in total. The van der Waals surface area contributed by atoms with Crippen molar-refractivity contribution in [3.05, 3.63) is 24.3 Å². The molecule has 0 aliphatic heterocycles. The molecule has 56 valence electrons. The van der Waals surface area contributed by atoms with Gasteiger partial charge in [0, 0.05) is 13.2 Å². The summed E-state index contributed by atoms with van der Waals surface area (Å²) >= 11 is 0. The molecule has 0 amide bonds. The van der Waals surface area contributed by atoms with E-state index in [1.807, 2.05) is 0 Å². The summed E-state index contributed by atoms with van der Waals surface area (Å²) in [7, 11) is 1.57. The highest BCUT2D eigenvalue weighted by atomic mass is 16.5. The Morgan fingerprint density at radius 3 is 2.80 bits per heavy atom. The van der Waals surface area contributed by atoms with Gasteiger partial charge in [0.1, 0.15) is 0 Å². The van der Waals surface area contributed by atoms with Crippen LogP contribution in [0.3, 0.4) is 0 Å². The van der Waals surface area contributed by atoms with Gasteiger partial charge in [0.25, 0.3) is 0 Å². The first-order valence-electron chi connectivity index (χ1n) is 2.82. The van der Waals surface area contributed by atoms with Crippen LogP contribution in [0.15, 0.2) is 24.3 Å². The maximum absolute atomic E-state index is 9.88. The first-order chi connectivity index (χ1) is 4.77. The van der Waals surface area contributed by atoms with Gasteiger partial charge >= 0.3 is 5.97 Å². The Bertz CT molecular complexity index is 147. The van der Waals surface area contributed by atoms with Crippen LogP contribution in [0.25, 0.3) is 0 Å². The van der Waals surface area contributed by atoms with E-state index < -0.39 is 5.97 Å². The lowest BCUT2D eigenvalue weighted by Gasteiger charge is -1.83. The maximum atomic E-state index is 9.88. The number of hydrogen-bond donors (Lipinski definition) is 1. The highest BCUT2D eigenvalue weighted by Gasteiger charge is 1.79. The summed E-state index contributed by atoms with van der Waals surface area (Å²) in [5.74, 6) is -0.943. The summed E-state index contributed by atoms with van der Waals surface area (Å²) in [4.78, 5) is 9.88. The smallest absolute Gasteiger partial charge is 0.328 e. The Morgan fingerprint density at radius 1 is 1.60 bits per heavy atom. The number of carboxylic acids is 1. The topological polar surface area (TPSA) is 46.5 Å². The van der Waals surface area contributed by atoms with Gasteiger partial charge in [0.15, 0.2) is 0 Å². The fraction of sp³-hybridized carbons (Fsp3) is 0.286. The number of aliphatic carboxylic acids is 1. The monoisotopic (exact) mass is 142 g/mol. The minimum Gasteiger partial charge on any atom is -0.478 e. The van der Waals surface area contributed by atoms with Crippen molar-refractivity contribution in [1.82, 2.24) is 0 Å². The molecule has 0 unspecified atom stereocenters. The van der Waals surface area contributed by atoms with Gasteiger partial charge in [-0.15, -0.1) is 0 Å². The first-order valence-corrected chi connectivity index (χ1v) is 2.82. The van der Waals surface area contributed by atoms with Crippen LogP contribution >= 0.6 is 0 Å². The highest BCUT2D eigenvalue weighted by Crippen LogP contribution is 1.77. The molecule has 0 saturated heterocycles. The normalized spacial score (nSPS) is 11.3. The Hall–Kier alpha value is -1.09. The van der Waals surface area contributed by atoms with Gasteiger partial charge in [0.05, 0.1) is 6.61 Å². The largest absolute Gasteiger partial charge is 0.478 e. The Balaban J connectivity index is 3.42. The third kappa shape index (κ3) is 6.91. The number of carboxylic acid groups (broad SMARTS) is 1. The van der Waals surface area contributed by atoms with Crippen LogP contribution in [-0.2, 0) is 9.53 Å². The molecular formula is C7H10O3. The van der Waals surface area contributed by atoms with Crippen molar-refractivity contribution in [3.63, 3.8) is 0 Å². The standard InChI is InChI=1S/C7H10O3/c1-10-6-4-2-3-5-7(8)9/h2-5H,6H2,1H3,(H,8,9)/b4-2+,5-3+. The lowest BCUT2D eigenvalue weighted by atomic mass is 10.4. The lowest BCUT2D eigenvalue weighted by molar-refractivity contribution is -0.131. The second kappa shape index (κ2) is 6.04. The van der Waals surface area contributed by atoms with E-state index in [0.29, 0.717) is 6.61 Å². The molecule has 10 heavy (non-hydrogen) atoms. The number of hydrogen-bond acceptors (Lipinski definition) is 2. The van der Waals surface area contributed by atoms with Crippen LogP contribution in [0.2, 0.25) is 0 Å². The molecule has 0 aromatic carbocycles. The summed E-state index contributed by atoms with van der Waals surface area (Å²) < 4.78 is 4.68. The van der Waals surface area contributed by atoms with E-state index in [1.165, 1.54) is 6.08 Å². The minimum absolute atomic E-state index is 0.504. The van der Waals surface area contributed by atoms with Crippen LogP contribution in [0.4, 0.5) is 0 Å². The maximum Gasteiger partial charge on any atom is 0.328 e. The fourth-order valence-corrected chi connectivity index (χ4v) is 0.368. The molecule has 0 heterocycles. The van der Waals surface area contributed by atoms with Crippen molar-refractivity contribution >= 4 is 5.97 Å². The molecule has 0 aromatic heterocycles. The van der Waals surface area contributed by atoms with Crippen LogP contribution in [0, 0.1) is 0 Å². The molecule has 0 aromatic rings. The van der Waals surface area contributed by atoms with E-state index in [1.54, 1.807) is 19.3 Å². The Kier molecular flexibility index (Phi) is 5.38. The van der Waals surface area contributed by atoms with Crippen molar-refractivity contribution in [1.29, 1.82) is 0 Å². The average Bonchev–Trinajstić information content (AvgIpc) is 1.87. The summed E-state index contributed by atoms with van der Waals surface area (Å²) in [6, 6.07) is 0. The van der Waals surface area contributed by atoms with Crippen LogP contribution in [-0.4, -0.2) is 24.8 Å². The Labute approximate surface area is 59.6 Å². The van der Waals surface area contributed by atoms with Crippen molar-refractivity contribution in [3.8, 4) is 0 Å². The van der Waals surface area contributed by atoms with Gasteiger partial charge in [-0.05, 0) is 0 Å². The van der Waals surface area contributed by atoms with E-state index in [9.17, 15) is 4.79 Å². The molecule has 0 bridgehead atoms. The van der Waals surface area contributed by atoms with Gasteiger partial charge < -0.3 is 9.84 Å². The molecule has 0 atom stereocenters. The van der Waals surface area contributed by atoms with Crippen LogP contribution in [0.1, 0.15) is 0 Å². The molecule has 0 radical (unpaired) electrons. The molecule has 3 heteroatoms. The van der Waals surface area contributed by atoms with Crippen molar-refractivity contribution in [2.45, 2.75) is 0 Å². The fourth-order valence-electron chi connectivity index (χ4n) is 0.368. The second-order valence-electron chi connectivity index (χ2n) is 1.58. The molecule has 0 saturated carbocycles. The third-order valence-corrected chi connectivity index (χ3v) is 0.749. The predicted molar refractivity (Wildman–Crippen MR) is 37.8 cm³/mol. The zero-order valence-corrected chi connectivity index (χ0v) is 5.78. The molecule has 0 aliphatic rings. The summed E-state index contributed by atoms with van der Waals surface area (Å²) in [6.45, 7) is 0.504. The quantitative estimate of drug-likeness (QED) is 0.467. The zero-order chi connectivity index (χ0) is 7.82. The number of allylic oxidation sites excluding steroid dienone is 2. The molecule has 0 spiro atoms. The molecule has 0 aliphatic carbocycles. The van der Waals surface area contributed by atoms with Crippen LogP contribution in [0.5, 0.6) is 0 Å². The van der Waals surface area contributed by atoms with E-state index in [4.69, 9.17) is 5.11 Å².